The zero-order chi connectivity index (χ0) is 33.0. The standard InChI is InChI=1S/C26H19N2O.C11H8N.Ir/c1-17-13-23(27-16-18(17)2)21-14-22(19-9-5-3-6-10-19)25-24(15-21)29-26(28-25)20-11-7-4-8-12-20;1-2-6-10(7-3-1)11-8-4-5-9-12-11;/h3-14,16H,1-2H3;1-6,8-9H;/q2*-1;/i1D3,2D3;;. The third kappa shape index (κ3) is 6.44. The molecule has 3 aromatic heterocycles. The van der Waals surface area contributed by atoms with Gasteiger partial charge < -0.3 is 14.4 Å². The fourth-order valence-electron chi connectivity index (χ4n) is 4.32. The Morgan fingerprint density at radius 3 is 2.12 bits per heavy atom. The van der Waals surface area contributed by atoms with Gasteiger partial charge in [-0.1, -0.05) is 83.9 Å². The van der Waals surface area contributed by atoms with Gasteiger partial charge in [-0.25, -0.2) is 0 Å². The van der Waals surface area contributed by atoms with E-state index in [1.165, 1.54) is 6.07 Å². The summed E-state index contributed by atoms with van der Waals surface area (Å²) in [5, 5.41) is 0. The SMILES string of the molecule is [2H]C([2H])([2H])c1cnc(-c2[c-]c3oc(-c4ccccc4)nc3c(-c3ccccc3)c2)cc1C([2H])([2H])[2H].[Ir].[c-]1ccccc1-c1ccccn1. The quantitative estimate of drug-likeness (QED) is 0.170. The number of fused-ring (bicyclic) bond motifs is 1. The summed E-state index contributed by atoms with van der Waals surface area (Å²) in [6, 6.07) is 42.2. The number of aromatic nitrogens is 3. The van der Waals surface area contributed by atoms with E-state index in [2.05, 4.69) is 22.1 Å². The molecule has 7 rings (SSSR count). The number of pyridine rings is 2. The van der Waals surface area contributed by atoms with Gasteiger partial charge >= 0.3 is 0 Å². The second kappa shape index (κ2) is 13.3. The molecule has 7 aromatic rings. The van der Waals surface area contributed by atoms with Gasteiger partial charge in [-0.2, -0.15) is 0 Å². The van der Waals surface area contributed by atoms with Gasteiger partial charge in [-0.15, -0.1) is 47.5 Å². The molecule has 4 aromatic carbocycles. The zero-order valence-electron chi connectivity index (χ0n) is 28.2. The Labute approximate surface area is 267 Å². The zero-order valence-corrected chi connectivity index (χ0v) is 24.6. The largest absolute Gasteiger partial charge is 0.457 e. The van der Waals surface area contributed by atoms with E-state index in [1.807, 2.05) is 109 Å². The van der Waals surface area contributed by atoms with Crippen LogP contribution in [0.4, 0.5) is 0 Å². The minimum absolute atomic E-state index is 0. The third-order valence-corrected chi connectivity index (χ3v) is 6.35. The summed E-state index contributed by atoms with van der Waals surface area (Å²) < 4.78 is 52.8. The number of aryl methyl sites for hydroxylation is 2. The molecular formula is C37H27IrN3O-2. The minimum Gasteiger partial charge on any atom is -0.457 e. The van der Waals surface area contributed by atoms with E-state index in [0.29, 0.717) is 22.6 Å². The molecule has 0 spiro atoms. The molecule has 0 aliphatic rings. The average molecular weight is 728 g/mol. The molecule has 0 aliphatic heterocycles. The number of hydrogen-bond acceptors (Lipinski definition) is 4. The van der Waals surface area contributed by atoms with E-state index in [1.54, 1.807) is 6.20 Å². The molecule has 1 radical (unpaired) electrons. The van der Waals surface area contributed by atoms with E-state index in [-0.39, 0.29) is 36.9 Å². The van der Waals surface area contributed by atoms with Gasteiger partial charge in [0.15, 0.2) is 0 Å². The monoisotopic (exact) mass is 728 g/mol. The minimum atomic E-state index is -2.62. The molecule has 42 heavy (non-hydrogen) atoms. The van der Waals surface area contributed by atoms with E-state index in [9.17, 15) is 0 Å². The number of rotatable bonds is 4. The molecule has 5 heteroatoms. The van der Waals surface area contributed by atoms with Crippen molar-refractivity contribution in [3.05, 3.63) is 151 Å². The molecular weight excluding hydrogens is 695 g/mol. The molecule has 0 fully saturated rings. The van der Waals surface area contributed by atoms with Gasteiger partial charge in [0.1, 0.15) is 0 Å². The summed E-state index contributed by atoms with van der Waals surface area (Å²) in [4.78, 5) is 13.2. The van der Waals surface area contributed by atoms with Gasteiger partial charge in [0.2, 0.25) is 5.89 Å². The molecule has 0 atom stereocenters. The fourth-order valence-corrected chi connectivity index (χ4v) is 4.32. The maximum Gasteiger partial charge on any atom is 0.215 e. The first-order chi connectivity index (χ1) is 22.6. The average Bonchev–Trinajstić information content (AvgIpc) is 3.53. The van der Waals surface area contributed by atoms with Crippen molar-refractivity contribution in [3.63, 3.8) is 0 Å². The van der Waals surface area contributed by atoms with Crippen molar-refractivity contribution in [3.8, 4) is 45.1 Å². The summed E-state index contributed by atoms with van der Waals surface area (Å²) in [6.07, 6.45) is 2.90. The smallest absolute Gasteiger partial charge is 0.215 e. The Bertz CT molecular complexity index is 2070. The molecule has 4 nitrogen and oxygen atoms in total. The van der Waals surface area contributed by atoms with Crippen LogP contribution >= 0.6 is 0 Å². The van der Waals surface area contributed by atoms with E-state index in [4.69, 9.17) is 17.6 Å². The van der Waals surface area contributed by atoms with Crippen molar-refractivity contribution in [1.82, 2.24) is 15.0 Å². The second-order valence-electron chi connectivity index (χ2n) is 9.13. The molecule has 0 unspecified atom stereocenters. The first-order valence-electron chi connectivity index (χ1n) is 15.9. The van der Waals surface area contributed by atoms with Gasteiger partial charge in [0, 0.05) is 51.8 Å². The van der Waals surface area contributed by atoms with Crippen LogP contribution in [0.25, 0.3) is 56.2 Å². The van der Waals surface area contributed by atoms with Crippen LogP contribution in [0.5, 0.6) is 0 Å². The molecule has 3 heterocycles. The molecule has 0 amide bonds. The van der Waals surface area contributed by atoms with Crippen molar-refractivity contribution < 1.29 is 32.7 Å². The second-order valence-corrected chi connectivity index (χ2v) is 9.13. The summed E-state index contributed by atoms with van der Waals surface area (Å²) in [5.41, 5.74) is 5.64. The normalized spacial score (nSPS) is 13.1. The molecule has 207 valence electrons. The first kappa shape index (κ1) is 22.0. The van der Waals surface area contributed by atoms with Gasteiger partial charge in [-0.3, -0.25) is 4.98 Å². The Morgan fingerprint density at radius 2 is 1.43 bits per heavy atom. The topological polar surface area (TPSA) is 51.8 Å². The van der Waals surface area contributed by atoms with Crippen molar-refractivity contribution in [2.24, 2.45) is 0 Å². The Morgan fingerprint density at radius 1 is 0.690 bits per heavy atom. The predicted molar refractivity (Wildman–Crippen MR) is 165 cm³/mol. The van der Waals surface area contributed by atoms with Gasteiger partial charge in [0.25, 0.3) is 0 Å². The molecule has 0 bridgehead atoms. The predicted octanol–water partition coefficient (Wildman–Crippen LogP) is 9.19. The maximum absolute atomic E-state index is 7.88. The van der Waals surface area contributed by atoms with Crippen molar-refractivity contribution in [1.29, 1.82) is 0 Å². The summed E-state index contributed by atoms with van der Waals surface area (Å²) in [5.74, 6) is 0.431. The van der Waals surface area contributed by atoms with E-state index < -0.39 is 13.7 Å². The number of benzene rings is 4. The summed E-state index contributed by atoms with van der Waals surface area (Å²) in [6.45, 7) is -5.23. The van der Waals surface area contributed by atoms with Crippen LogP contribution in [-0.4, -0.2) is 15.0 Å². The number of hydrogen-bond donors (Lipinski definition) is 0. The third-order valence-electron chi connectivity index (χ3n) is 6.35. The van der Waals surface area contributed by atoms with Crippen LogP contribution in [0.15, 0.2) is 132 Å². The molecule has 0 N–H and O–H groups in total. The Balaban J connectivity index is 0.000000291. The van der Waals surface area contributed by atoms with Gasteiger partial charge in [0.05, 0.1) is 5.58 Å². The fraction of sp³-hybridized carbons (Fsp3) is 0.0541. The van der Waals surface area contributed by atoms with E-state index >= 15 is 0 Å². The van der Waals surface area contributed by atoms with E-state index in [0.717, 1.165) is 34.1 Å². The van der Waals surface area contributed by atoms with Crippen LogP contribution < -0.4 is 0 Å². The maximum atomic E-state index is 7.88. The van der Waals surface area contributed by atoms with Crippen LogP contribution in [0, 0.1) is 25.8 Å². The van der Waals surface area contributed by atoms with Crippen LogP contribution in [0.1, 0.15) is 19.4 Å². The van der Waals surface area contributed by atoms with Crippen molar-refractivity contribution in [2.45, 2.75) is 13.7 Å². The Kier molecular flexibility index (Phi) is 6.96. The van der Waals surface area contributed by atoms with Crippen LogP contribution in [-0.2, 0) is 20.1 Å². The van der Waals surface area contributed by atoms with Crippen molar-refractivity contribution >= 4 is 11.1 Å². The number of oxazole rings is 1. The molecule has 0 aliphatic carbocycles. The molecule has 0 saturated heterocycles. The first-order valence-corrected chi connectivity index (χ1v) is 12.9. The van der Waals surface area contributed by atoms with Gasteiger partial charge in [-0.05, 0) is 54.4 Å². The van der Waals surface area contributed by atoms with Crippen LogP contribution in [0.3, 0.4) is 0 Å². The van der Waals surface area contributed by atoms with Crippen molar-refractivity contribution in [2.75, 3.05) is 0 Å². The summed E-state index contributed by atoms with van der Waals surface area (Å²) >= 11 is 0. The number of nitrogens with zero attached hydrogens (tertiary/aromatic N) is 3. The Hall–Kier alpha value is -4.70. The van der Waals surface area contributed by atoms with Crippen LogP contribution in [0.2, 0.25) is 0 Å². The summed E-state index contributed by atoms with van der Waals surface area (Å²) in [7, 11) is 0. The molecule has 0 saturated carbocycles.